The summed E-state index contributed by atoms with van der Waals surface area (Å²) in [5.41, 5.74) is 0. The second-order valence-electron chi connectivity index (χ2n) is 6.16. The minimum absolute atomic E-state index is 0. The lowest BCUT2D eigenvalue weighted by atomic mass is 9.85. The van der Waals surface area contributed by atoms with Crippen molar-refractivity contribution in [2.75, 3.05) is 32.8 Å². The molecule has 3 atom stereocenters. The zero-order valence-electron chi connectivity index (χ0n) is 12.8. The minimum Gasteiger partial charge on any atom is -0.377 e. The van der Waals surface area contributed by atoms with Gasteiger partial charge in [-0.3, -0.25) is 4.79 Å². The van der Waals surface area contributed by atoms with Gasteiger partial charge < -0.3 is 15.0 Å². The van der Waals surface area contributed by atoms with E-state index in [1.807, 2.05) is 4.90 Å². The molecule has 2 saturated heterocycles. The van der Waals surface area contributed by atoms with Crippen LogP contribution in [-0.2, 0) is 9.53 Å². The Labute approximate surface area is 129 Å². The Bertz CT molecular complexity index is 296. The van der Waals surface area contributed by atoms with Crippen LogP contribution in [-0.4, -0.2) is 49.7 Å². The predicted molar refractivity (Wildman–Crippen MR) is 83.2 cm³/mol. The van der Waals surface area contributed by atoms with Gasteiger partial charge >= 0.3 is 0 Å². The van der Waals surface area contributed by atoms with Crippen LogP contribution < -0.4 is 5.32 Å². The fourth-order valence-corrected chi connectivity index (χ4v) is 3.16. The Hall–Kier alpha value is -0.320. The molecule has 2 aliphatic rings. The molecule has 0 saturated carbocycles. The van der Waals surface area contributed by atoms with Gasteiger partial charge in [0, 0.05) is 26.1 Å². The Balaban J connectivity index is 0.00000200. The first kappa shape index (κ1) is 17.7. The van der Waals surface area contributed by atoms with Gasteiger partial charge in [-0.2, -0.15) is 0 Å². The molecule has 5 heteroatoms. The highest BCUT2D eigenvalue weighted by molar-refractivity contribution is 5.85. The molecule has 0 aliphatic carbocycles. The van der Waals surface area contributed by atoms with Crippen LogP contribution in [0.3, 0.4) is 0 Å². The summed E-state index contributed by atoms with van der Waals surface area (Å²) < 4.78 is 5.60. The van der Waals surface area contributed by atoms with E-state index in [4.69, 9.17) is 4.74 Å². The van der Waals surface area contributed by atoms with Crippen molar-refractivity contribution in [3.63, 3.8) is 0 Å². The van der Waals surface area contributed by atoms with Crippen LogP contribution in [0.25, 0.3) is 0 Å². The standard InChI is InChI=1S/C15H28N2O2.ClH/c1-12(14-5-3-6-16-10-14)9-15(18)17-7-4-8-19-13(2)11-17;/h12-14,16H,3-11H2,1-2H3;1H. The number of hydrogen-bond acceptors (Lipinski definition) is 3. The van der Waals surface area contributed by atoms with Crippen molar-refractivity contribution in [2.45, 2.75) is 45.6 Å². The van der Waals surface area contributed by atoms with Gasteiger partial charge in [0.1, 0.15) is 0 Å². The summed E-state index contributed by atoms with van der Waals surface area (Å²) in [6.07, 6.45) is 4.35. The molecule has 2 heterocycles. The molecule has 1 N–H and O–H groups in total. The minimum atomic E-state index is 0. The summed E-state index contributed by atoms with van der Waals surface area (Å²) >= 11 is 0. The van der Waals surface area contributed by atoms with Crippen molar-refractivity contribution in [3.8, 4) is 0 Å². The Kier molecular flexibility index (Phi) is 7.85. The zero-order valence-corrected chi connectivity index (χ0v) is 13.6. The van der Waals surface area contributed by atoms with Crippen molar-refractivity contribution in [1.82, 2.24) is 10.2 Å². The molecule has 2 aliphatic heterocycles. The molecule has 0 aromatic rings. The van der Waals surface area contributed by atoms with Crippen LogP contribution in [0.5, 0.6) is 0 Å². The first-order valence-electron chi connectivity index (χ1n) is 7.77. The Morgan fingerprint density at radius 1 is 1.45 bits per heavy atom. The Morgan fingerprint density at radius 2 is 2.25 bits per heavy atom. The number of hydrogen-bond donors (Lipinski definition) is 1. The van der Waals surface area contributed by atoms with Gasteiger partial charge in [-0.05, 0) is 51.1 Å². The maximum absolute atomic E-state index is 12.4. The van der Waals surface area contributed by atoms with Crippen LogP contribution in [0.2, 0.25) is 0 Å². The summed E-state index contributed by atoms with van der Waals surface area (Å²) in [5, 5.41) is 3.44. The molecule has 0 radical (unpaired) electrons. The van der Waals surface area contributed by atoms with E-state index in [0.717, 1.165) is 39.2 Å². The zero-order chi connectivity index (χ0) is 13.7. The summed E-state index contributed by atoms with van der Waals surface area (Å²) in [7, 11) is 0. The molecule has 0 aromatic carbocycles. The van der Waals surface area contributed by atoms with Crippen LogP contribution >= 0.6 is 12.4 Å². The monoisotopic (exact) mass is 304 g/mol. The van der Waals surface area contributed by atoms with Crippen molar-refractivity contribution in [1.29, 1.82) is 0 Å². The van der Waals surface area contributed by atoms with Crippen molar-refractivity contribution >= 4 is 18.3 Å². The first-order valence-corrected chi connectivity index (χ1v) is 7.77. The van der Waals surface area contributed by atoms with Crippen molar-refractivity contribution in [3.05, 3.63) is 0 Å². The molecule has 0 aromatic heterocycles. The lowest BCUT2D eigenvalue weighted by molar-refractivity contribution is -0.133. The largest absolute Gasteiger partial charge is 0.377 e. The lowest BCUT2D eigenvalue weighted by Gasteiger charge is -2.30. The van der Waals surface area contributed by atoms with E-state index in [9.17, 15) is 4.79 Å². The summed E-state index contributed by atoms with van der Waals surface area (Å²) in [5.74, 6) is 1.47. The highest BCUT2D eigenvalue weighted by atomic mass is 35.5. The maximum atomic E-state index is 12.4. The highest BCUT2D eigenvalue weighted by Crippen LogP contribution is 2.23. The lowest BCUT2D eigenvalue weighted by Crippen LogP contribution is -2.39. The van der Waals surface area contributed by atoms with Crippen LogP contribution in [0.15, 0.2) is 0 Å². The van der Waals surface area contributed by atoms with Gasteiger partial charge in [0.25, 0.3) is 0 Å². The van der Waals surface area contributed by atoms with E-state index in [-0.39, 0.29) is 18.5 Å². The molecule has 2 rings (SSSR count). The van der Waals surface area contributed by atoms with Crippen molar-refractivity contribution in [2.24, 2.45) is 11.8 Å². The predicted octanol–water partition coefficient (Wildman–Crippen LogP) is 2.07. The third-order valence-electron chi connectivity index (χ3n) is 4.44. The fourth-order valence-electron chi connectivity index (χ4n) is 3.16. The number of piperidine rings is 1. The number of nitrogens with zero attached hydrogens (tertiary/aromatic N) is 1. The maximum Gasteiger partial charge on any atom is 0.222 e. The normalized spacial score (nSPS) is 29.2. The number of halogens is 1. The average Bonchev–Trinajstić information content (AvgIpc) is 2.64. The summed E-state index contributed by atoms with van der Waals surface area (Å²) in [6, 6.07) is 0. The number of nitrogens with one attached hydrogen (secondary N) is 1. The van der Waals surface area contributed by atoms with Gasteiger partial charge in [-0.15, -0.1) is 12.4 Å². The number of ether oxygens (including phenoxy) is 1. The van der Waals surface area contributed by atoms with E-state index >= 15 is 0 Å². The quantitative estimate of drug-likeness (QED) is 0.868. The average molecular weight is 305 g/mol. The number of rotatable bonds is 3. The fraction of sp³-hybridized carbons (Fsp3) is 0.933. The topological polar surface area (TPSA) is 41.6 Å². The van der Waals surface area contributed by atoms with Gasteiger partial charge in [-0.25, -0.2) is 0 Å². The van der Waals surface area contributed by atoms with Crippen LogP contribution in [0, 0.1) is 11.8 Å². The Morgan fingerprint density at radius 3 is 2.95 bits per heavy atom. The van der Waals surface area contributed by atoms with Gasteiger partial charge in [0.2, 0.25) is 5.91 Å². The molecule has 20 heavy (non-hydrogen) atoms. The van der Waals surface area contributed by atoms with E-state index in [2.05, 4.69) is 19.2 Å². The molecule has 118 valence electrons. The number of carbonyl (C=O) groups excluding carboxylic acids is 1. The van der Waals surface area contributed by atoms with Crippen LogP contribution in [0.4, 0.5) is 0 Å². The van der Waals surface area contributed by atoms with Gasteiger partial charge in [-0.1, -0.05) is 6.92 Å². The second-order valence-corrected chi connectivity index (χ2v) is 6.16. The highest BCUT2D eigenvalue weighted by Gasteiger charge is 2.25. The molecule has 0 spiro atoms. The smallest absolute Gasteiger partial charge is 0.222 e. The van der Waals surface area contributed by atoms with Gasteiger partial charge in [0.05, 0.1) is 6.10 Å². The van der Waals surface area contributed by atoms with Crippen LogP contribution in [0.1, 0.15) is 39.5 Å². The summed E-state index contributed by atoms with van der Waals surface area (Å²) in [4.78, 5) is 14.4. The van der Waals surface area contributed by atoms with Gasteiger partial charge in [0.15, 0.2) is 0 Å². The van der Waals surface area contributed by atoms with E-state index < -0.39 is 0 Å². The second kappa shape index (κ2) is 8.85. The third kappa shape index (κ3) is 5.23. The third-order valence-corrected chi connectivity index (χ3v) is 4.44. The molecular weight excluding hydrogens is 276 g/mol. The molecular formula is C15H29ClN2O2. The SMILES string of the molecule is CC1CN(C(=O)CC(C)C2CCCNC2)CCCO1.Cl. The molecule has 3 unspecified atom stereocenters. The van der Waals surface area contributed by atoms with E-state index in [1.165, 1.54) is 12.8 Å². The van der Waals surface area contributed by atoms with E-state index in [1.54, 1.807) is 0 Å². The number of carbonyl (C=O) groups is 1. The molecule has 0 bridgehead atoms. The number of amides is 1. The molecule has 4 nitrogen and oxygen atoms in total. The summed E-state index contributed by atoms with van der Waals surface area (Å²) in [6.45, 7) is 8.90. The van der Waals surface area contributed by atoms with Crippen molar-refractivity contribution < 1.29 is 9.53 Å². The molecule has 2 fully saturated rings. The molecule has 1 amide bonds. The van der Waals surface area contributed by atoms with E-state index in [0.29, 0.717) is 24.2 Å². The first-order chi connectivity index (χ1) is 9.16.